The summed E-state index contributed by atoms with van der Waals surface area (Å²) >= 11 is 0. The van der Waals surface area contributed by atoms with Crippen molar-refractivity contribution < 1.29 is 66.4 Å². The van der Waals surface area contributed by atoms with Crippen LogP contribution in [0.4, 0.5) is 0 Å². The molecule has 56 heavy (non-hydrogen) atoms. The van der Waals surface area contributed by atoms with Crippen molar-refractivity contribution in [2.24, 2.45) is 0 Å². The van der Waals surface area contributed by atoms with E-state index in [0.29, 0.717) is 90.9 Å². The van der Waals surface area contributed by atoms with Crippen molar-refractivity contribution in [3.63, 3.8) is 0 Å². The first-order valence-electron chi connectivity index (χ1n) is 17.7. The topological polar surface area (TPSA) is 145 Å². The lowest BCUT2D eigenvalue weighted by atomic mass is 9.85. The maximum atomic E-state index is 12.7. The van der Waals surface area contributed by atoms with Crippen molar-refractivity contribution in [3.05, 3.63) is 70.8 Å². The minimum atomic E-state index is -0.903. The van der Waals surface area contributed by atoms with Crippen LogP contribution in [0.15, 0.2) is 48.5 Å². The zero-order valence-electron chi connectivity index (χ0n) is 33.1. The fraction of sp³-hybridized carbons (Fsp3) is 0.381. The van der Waals surface area contributed by atoms with E-state index in [1.807, 2.05) is 6.07 Å². The van der Waals surface area contributed by atoms with Gasteiger partial charge in [-0.25, -0.2) is 0 Å². The highest BCUT2D eigenvalue weighted by Crippen LogP contribution is 2.55. The molecule has 0 bridgehead atoms. The Morgan fingerprint density at radius 3 is 1.68 bits per heavy atom. The molecule has 14 nitrogen and oxygen atoms in total. The number of carbonyl (C=O) groups excluding carboxylic acids is 2. The summed E-state index contributed by atoms with van der Waals surface area (Å²) in [5, 5.41) is 0. The van der Waals surface area contributed by atoms with E-state index in [9.17, 15) is 9.59 Å². The summed E-state index contributed by atoms with van der Waals surface area (Å²) in [5.41, 5.74) is 3.59. The molecule has 0 fully saturated rings. The quantitative estimate of drug-likeness (QED) is 0.134. The summed E-state index contributed by atoms with van der Waals surface area (Å²) in [4.78, 5) is 25.2. The molecular weight excluding hydrogens is 728 g/mol. The second kappa shape index (κ2) is 16.7. The van der Waals surface area contributed by atoms with Crippen molar-refractivity contribution in [3.8, 4) is 68.6 Å². The SMILES string of the molecule is COc1cc(OC)c2c(c1)OC(c1cc(OC)c(OC)cc1-c1c(OC)cc(OC)c3c1OC(c1ccc(OC)c(OC)c1)C(OC(C)=O)C3)C(OC(C)=O)C2. The Balaban J connectivity index is 1.63. The number of ether oxygens (including phenoxy) is 12. The lowest BCUT2D eigenvalue weighted by Crippen LogP contribution is -2.35. The maximum absolute atomic E-state index is 12.7. The molecule has 0 N–H and O–H groups in total. The number of hydrogen-bond donors (Lipinski definition) is 0. The molecule has 0 saturated heterocycles. The second-order valence-corrected chi connectivity index (χ2v) is 13.0. The average Bonchev–Trinajstić information content (AvgIpc) is 3.20. The highest BCUT2D eigenvalue weighted by Gasteiger charge is 2.42. The number of esters is 2. The van der Waals surface area contributed by atoms with E-state index in [1.165, 1.54) is 49.4 Å². The molecule has 2 aliphatic heterocycles. The predicted octanol–water partition coefficient (Wildman–Crippen LogP) is 6.64. The van der Waals surface area contributed by atoms with Gasteiger partial charge in [-0.15, -0.1) is 0 Å². The Morgan fingerprint density at radius 1 is 0.536 bits per heavy atom. The van der Waals surface area contributed by atoms with Crippen LogP contribution in [-0.2, 0) is 31.9 Å². The maximum Gasteiger partial charge on any atom is 0.303 e. The lowest BCUT2D eigenvalue weighted by molar-refractivity contribution is -0.153. The largest absolute Gasteiger partial charge is 0.496 e. The van der Waals surface area contributed by atoms with Crippen LogP contribution in [0.25, 0.3) is 11.1 Å². The summed E-state index contributed by atoms with van der Waals surface area (Å²) < 4.78 is 71.7. The van der Waals surface area contributed by atoms with Crippen LogP contribution in [0.1, 0.15) is 48.3 Å². The van der Waals surface area contributed by atoms with Gasteiger partial charge in [0.25, 0.3) is 0 Å². The van der Waals surface area contributed by atoms with Crippen molar-refractivity contribution in [1.82, 2.24) is 0 Å². The van der Waals surface area contributed by atoms with Crippen LogP contribution >= 0.6 is 0 Å². The number of carbonyl (C=O) groups is 2. The lowest BCUT2D eigenvalue weighted by Gasteiger charge is -2.37. The number of rotatable bonds is 13. The second-order valence-electron chi connectivity index (χ2n) is 13.0. The molecule has 4 aromatic carbocycles. The molecule has 0 spiro atoms. The van der Waals surface area contributed by atoms with Gasteiger partial charge in [0, 0.05) is 72.7 Å². The smallest absolute Gasteiger partial charge is 0.303 e. The van der Waals surface area contributed by atoms with Gasteiger partial charge in [-0.2, -0.15) is 0 Å². The Bertz CT molecular complexity index is 2110. The normalized spacial score (nSPS) is 18.1. The number of fused-ring (bicyclic) bond motifs is 2. The molecule has 4 aromatic rings. The van der Waals surface area contributed by atoms with Gasteiger partial charge in [-0.05, 0) is 24.3 Å². The van der Waals surface area contributed by atoms with Crippen molar-refractivity contribution in [2.45, 2.75) is 51.1 Å². The van der Waals surface area contributed by atoms with Gasteiger partial charge in [0.2, 0.25) is 0 Å². The Labute approximate surface area is 325 Å². The zero-order chi connectivity index (χ0) is 40.3. The third kappa shape index (κ3) is 7.42. The molecule has 14 heteroatoms. The van der Waals surface area contributed by atoms with Crippen LogP contribution in [0.5, 0.6) is 57.5 Å². The Morgan fingerprint density at radius 2 is 1.09 bits per heavy atom. The van der Waals surface area contributed by atoms with Gasteiger partial charge in [0.1, 0.15) is 46.7 Å². The number of hydrogen-bond acceptors (Lipinski definition) is 14. The van der Waals surface area contributed by atoms with Crippen molar-refractivity contribution in [2.75, 3.05) is 56.9 Å². The summed E-state index contributed by atoms with van der Waals surface area (Å²) in [6.07, 6.45) is -2.86. The molecule has 6 rings (SSSR count). The van der Waals surface area contributed by atoms with Gasteiger partial charge in [0.05, 0.1) is 62.4 Å². The molecule has 2 heterocycles. The molecule has 0 aliphatic carbocycles. The average molecular weight is 775 g/mol. The van der Waals surface area contributed by atoms with Crippen LogP contribution in [-0.4, -0.2) is 81.0 Å². The molecule has 2 aliphatic rings. The van der Waals surface area contributed by atoms with E-state index in [4.69, 9.17) is 56.8 Å². The molecule has 4 unspecified atom stereocenters. The molecule has 0 aromatic heterocycles. The number of methoxy groups -OCH3 is 8. The van der Waals surface area contributed by atoms with Gasteiger partial charge in [-0.1, -0.05) is 6.07 Å². The summed E-state index contributed by atoms with van der Waals surface area (Å²) in [5.74, 6) is 3.52. The summed E-state index contributed by atoms with van der Waals surface area (Å²) in [6.45, 7) is 2.69. The summed E-state index contributed by atoms with van der Waals surface area (Å²) in [7, 11) is 12.3. The molecule has 4 atom stereocenters. The van der Waals surface area contributed by atoms with Crippen LogP contribution in [0.3, 0.4) is 0 Å². The van der Waals surface area contributed by atoms with E-state index in [1.54, 1.807) is 63.8 Å². The van der Waals surface area contributed by atoms with Crippen LogP contribution in [0, 0.1) is 0 Å². The summed E-state index contributed by atoms with van der Waals surface area (Å²) in [6, 6.07) is 14.2. The highest BCUT2D eigenvalue weighted by atomic mass is 16.6. The zero-order valence-corrected chi connectivity index (χ0v) is 33.1. The first-order valence-corrected chi connectivity index (χ1v) is 17.7. The van der Waals surface area contributed by atoms with Gasteiger partial charge >= 0.3 is 11.9 Å². The van der Waals surface area contributed by atoms with Gasteiger partial charge < -0.3 is 56.8 Å². The van der Waals surface area contributed by atoms with E-state index in [2.05, 4.69) is 0 Å². The van der Waals surface area contributed by atoms with E-state index in [-0.39, 0.29) is 12.8 Å². The van der Waals surface area contributed by atoms with Crippen molar-refractivity contribution >= 4 is 11.9 Å². The highest BCUT2D eigenvalue weighted by molar-refractivity contribution is 5.85. The minimum Gasteiger partial charge on any atom is -0.496 e. The Kier molecular flexibility index (Phi) is 11.8. The predicted molar refractivity (Wildman–Crippen MR) is 202 cm³/mol. The van der Waals surface area contributed by atoms with Crippen LogP contribution in [0.2, 0.25) is 0 Å². The minimum absolute atomic E-state index is 0.208. The fourth-order valence-electron chi connectivity index (χ4n) is 7.36. The third-order valence-corrected chi connectivity index (χ3v) is 9.83. The third-order valence-electron chi connectivity index (χ3n) is 9.83. The van der Waals surface area contributed by atoms with Crippen LogP contribution < -0.4 is 47.4 Å². The Hall–Kier alpha value is -6.18. The monoisotopic (exact) mass is 774 g/mol. The molecular formula is C42H46O14. The molecule has 0 amide bonds. The molecule has 0 saturated carbocycles. The van der Waals surface area contributed by atoms with Crippen molar-refractivity contribution in [1.29, 1.82) is 0 Å². The van der Waals surface area contributed by atoms with E-state index >= 15 is 0 Å². The fourth-order valence-corrected chi connectivity index (χ4v) is 7.36. The first-order chi connectivity index (χ1) is 27.0. The molecule has 0 radical (unpaired) electrons. The van der Waals surface area contributed by atoms with E-state index < -0.39 is 36.4 Å². The van der Waals surface area contributed by atoms with Gasteiger partial charge in [-0.3, -0.25) is 9.59 Å². The standard InChI is InChI=1S/C42H46O14/c1-21(43)53-37-19-28-31(48-6)20-36(52-10)39(42(28)56-40(37)23-11-12-29(46-4)33(13-23)49-7)25-16-34(50-8)35(51-9)17-26(25)41-38(54-22(2)44)18-27-30(47-5)14-24(45-3)15-32(27)55-41/h11-17,20,37-38,40-41H,18-19H2,1-10H3. The number of benzene rings is 4. The first kappa shape index (κ1) is 39.5. The molecule has 298 valence electrons. The van der Waals surface area contributed by atoms with Gasteiger partial charge in [0.15, 0.2) is 35.2 Å². The van der Waals surface area contributed by atoms with E-state index in [0.717, 1.165) is 0 Å².